The Morgan fingerprint density at radius 2 is 0.596 bits per heavy atom. The molecule has 0 spiro atoms. The number of pyridine rings is 4. The molecule has 0 fully saturated rings. The number of ether oxygens (including phenoxy) is 4. The summed E-state index contributed by atoms with van der Waals surface area (Å²) in [6, 6.07) is 35.7. The molecule has 0 radical (unpaired) electrons. The first-order valence-corrected chi connectivity index (χ1v) is 17.9. The number of esters is 4. The molecule has 280 valence electrons. The van der Waals surface area contributed by atoms with Crippen LogP contribution in [0.2, 0.25) is 0 Å². The van der Waals surface area contributed by atoms with Gasteiger partial charge in [-0.05, 0) is 48.5 Å². The van der Waals surface area contributed by atoms with Crippen LogP contribution in [0, 0.1) is 5.41 Å². The van der Waals surface area contributed by atoms with E-state index in [-0.39, 0.29) is 22.3 Å². The molecule has 0 amide bonds. The highest BCUT2D eigenvalue weighted by atomic mass is 16.6. The highest BCUT2D eigenvalue weighted by Gasteiger charge is 2.39. The van der Waals surface area contributed by atoms with Crippen molar-refractivity contribution in [2.75, 3.05) is 26.4 Å². The van der Waals surface area contributed by atoms with Gasteiger partial charge in [0, 0.05) is 46.3 Å². The van der Waals surface area contributed by atoms with E-state index in [0.717, 1.165) is 0 Å². The molecule has 0 saturated heterocycles. The van der Waals surface area contributed by atoms with Gasteiger partial charge in [0.05, 0.1) is 44.3 Å². The maximum absolute atomic E-state index is 13.6. The van der Waals surface area contributed by atoms with Crippen LogP contribution >= 0.6 is 0 Å². The van der Waals surface area contributed by atoms with Crippen molar-refractivity contribution in [1.82, 2.24) is 19.9 Å². The summed E-state index contributed by atoms with van der Waals surface area (Å²) in [7, 11) is 0. The Bertz CT molecular complexity index is 2440. The van der Waals surface area contributed by atoms with Crippen LogP contribution in [0.5, 0.6) is 0 Å². The molecule has 4 aromatic carbocycles. The van der Waals surface area contributed by atoms with Crippen LogP contribution < -0.4 is 0 Å². The number of hydrogen-bond donors (Lipinski definition) is 0. The summed E-state index contributed by atoms with van der Waals surface area (Å²) in [6.07, 6.45) is 5.55. The Labute approximate surface area is 325 Å². The molecule has 57 heavy (non-hydrogen) atoms. The van der Waals surface area contributed by atoms with Crippen molar-refractivity contribution in [3.8, 4) is 0 Å². The largest absolute Gasteiger partial charge is 0.461 e. The second-order valence-electron chi connectivity index (χ2n) is 13.5. The molecule has 0 unspecified atom stereocenters. The Morgan fingerprint density at radius 1 is 0.368 bits per heavy atom. The molecule has 0 N–H and O–H groups in total. The van der Waals surface area contributed by atoms with E-state index in [1.54, 1.807) is 24.3 Å². The highest BCUT2D eigenvalue weighted by Crippen LogP contribution is 2.26. The molecular formula is C45H32N4O8. The van der Waals surface area contributed by atoms with Gasteiger partial charge in [-0.3, -0.25) is 19.9 Å². The SMILES string of the molecule is O=C(OCC(COC(=O)c1cnc2ccccc2c1)(COC(=O)c1cnc2ccccc2c1)COC(=O)c1cnc2ccccc2c1)c1cnc2ccccc2c1. The van der Waals surface area contributed by atoms with E-state index < -0.39 is 55.7 Å². The highest BCUT2D eigenvalue weighted by molar-refractivity contribution is 5.96. The van der Waals surface area contributed by atoms with Crippen LogP contribution in [-0.2, 0) is 18.9 Å². The van der Waals surface area contributed by atoms with Crippen molar-refractivity contribution in [2.45, 2.75) is 0 Å². The lowest BCUT2D eigenvalue weighted by Gasteiger charge is -2.31. The predicted molar refractivity (Wildman–Crippen MR) is 211 cm³/mol. The number of aromatic nitrogens is 4. The molecule has 0 aliphatic carbocycles. The number of benzene rings is 4. The molecule has 12 heteroatoms. The van der Waals surface area contributed by atoms with E-state index in [1.165, 1.54) is 24.8 Å². The molecule has 0 aliphatic rings. The van der Waals surface area contributed by atoms with E-state index in [9.17, 15) is 19.2 Å². The first-order valence-electron chi connectivity index (χ1n) is 17.9. The number of carbonyl (C=O) groups excluding carboxylic acids is 4. The zero-order valence-corrected chi connectivity index (χ0v) is 30.2. The minimum atomic E-state index is -1.61. The van der Waals surface area contributed by atoms with Gasteiger partial charge in [-0.1, -0.05) is 72.8 Å². The molecule has 4 heterocycles. The minimum Gasteiger partial charge on any atom is -0.461 e. The fourth-order valence-electron chi connectivity index (χ4n) is 6.19. The molecule has 0 bridgehead atoms. The standard InChI is InChI=1S/C45H32N4O8/c50-41(33-17-29-9-1-5-13-37(29)46-21-33)54-25-45(26-55-42(51)34-18-30-10-2-6-14-38(30)47-22-34,27-56-43(52)35-19-31-11-3-7-15-39(31)48-23-35)28-57-44(53)36-20-32-12-4-8-16-40(32)49-24-36/h1-24H,25-28H2. The van der Waals surface area contributed by atoms with Gasteiger partial charge < -0.3 is 18.9 Å². The summed E-state index contributed by atoms with van der Waals surface area (Å²) in [5, 5.41) is 2.86. The maximum atomic E-state index is 13.6. The van der Waals surface area contributed by atoms with Gasteiger partial charge in [-0.15, -0.1) is 0 Å². The Kier molecular flexibility index (Phi) is 10.2. The molecule has 8 aromatic rings. The third-order valence-electron chi connectivity index (χ3n) is 9.34. The van der Waals surface area contributed by atoms with Gasteiger partial charge in [0.1, 0.15) is 31.8 Å². The van der Waals surface area contributed by atoms with Crippen molar-refractivity contribution < 1.29 is 38.1 Å². The van der Waals surface area contributed by atoms with Crippen LogP contribution in [0.25, 0.3) is 43.6 Å². The lowest BCUT2D eigenvalue weighted by atomic mass is 9.92. The summed E-state index contributed by atoms with van der Waals surface area (Å²) < 4.78 is 23.4. The van der Waals surface area contributed by atoms with E-state index >= 15 is 0 Å². The van der Waals surface area contributed by atoms with E-state index in [1.807, 2.05) is 97.1 Å². The summed E-state index contributed by atoms with van der Waals surface area (Å²) in [4.78, 5) is 71.8. The van der Waals surface area contributed by atoms with Gasteiger partial charge in [0.15, 0.2) is 0 Å². The first-order chi connectivity index (χ1) is 27.8. The third kappa shape index (κ3) is 8.25. The minimum absolute atomic E-state index is 0.153. The van der Waals surface area contributed by atoms with Crippen molar-refractivity contribution in [2.24, 2.45) is 5.41 Å². The molecule has 8 rings (SSSR count). The molecule has 4 aromatic heterocycles. The van der Waals surface area contributed by atoms with Crippen LogP contribution in [0.1, 0.15) is 41.4 Å². The summed E-state index contributed by atoms with van der Waals surface area (Å²) in [5.74, 6) is -3.01. The lowest BCUT2D eigenvalue weighted by molar-refractivity contribution is -0.0642. The zero-order chi connectivity index (χ0) is 39.2. The quantitative estimate of drug-likeness (QED) is 0.0890. The third-order valence-corrected chi connectivity index (χ3v) is 9.34. The topological polar surface area (TPSA) is 157 Å². The molecular weight excluding hydrogens is 725 g/mol. The van der Waals surface area contributed by atoms with Crippen molar-refractivity contribution >= 4 is 67.5 Å². The number of hydrogen-bond acceptors (Lipinski definition) is 12. The van der Waals surface area contributed by atoms with Gasteiger partial charge in [-0.2, -0.15) is 0 Å². The number of rotatable bonds is 12. The number of carbonyl (C=O) groups is 4. The number of para-hydroxylation sites is 4. The summed E-state index contributed by atoms with van der Waals surface area (Å²) in [5.41, 5.74) is 1.74. The van der Waals surface area contributed by atoms with Crippen LogP contribution in [0.4, 0.5) is 0 Å². The second-order valence-corrected chi connectivity index (χ2v) is 13.5. The average Bonchev–Trinajstić information content (AvgIpc) is 3.27. The smallest absolute Gasteiger partial charge is 0.339 e. The first kappa shape index (κ1) is 36.4. The summed E-state index contributed by atoms with van der Waals surface area (Å²) >= 11 is 0. The normalized spacial score (nSPS) is 11.4. The van der Waals surface area contributed by atoms with Crippen molar-refractivity contribution in [3.05, 3.63) is 168 Å². The maximum Gasteiger partial charge on any atom is 0.339 e. The van der Waals surface area contributed by atoms with Gasteiger partial charge >= 0.3 is 23.9 Å². The lowest BCUT2D eigenvalue weighted by Crippen LogP contribution is -2.44. The average molecular weight is 757 g/mol. The Hall–Kier alpha value is -7.60. The van der Waals surface area contributed by atoms with Crippen LogP contribution in [0.15, 0.2) is 146 Å². The van der Waals surface area contributed by atoms with Gasteiger partial charge in [0.25, 0.3) is 0 Å². The number of fused-ring (bicyclic) bond motifs is 4. The van der Waals surface area contributed by atoms with Crippen molar-refractivity contribution in [1.29, 1.82) is 0 Å². The van der Waals surface area contributed by atoms with E-state index in [2.05, 4.69) is 19.9 Å². The fraction of sp³-hybridized carbons (Fsp3) is 0.111. The monoisotopic (exact) mass is 756 g/mol. The zero-order valence-electron chi connectivity index (χ0n) is 30.2. The molecule has 0 saturated carbocycles. The summed E-state index contributed by atoms with van der Waals surface area (Å²) in [6.45, 7) is -2.02. The van der Waals surface area contributed by atoms with Crippen LogP contribution in [-0.4, -0.2) is 70.2 Å². The second kappa shape index (κ2) is 16.0. The predicted octanol–water partition coefficient (Wildman–Crippen LogP) is 7.59. The fourth-order valence-corrected chi connectivity index (χ4v) is 6.19. The Morgan fingerprint density at radius 3 is 0.842 bits per heavy atom. The molecule has 12 nitrogen and oxygen atoms in total. The van der Waals surface area contributed by atoms with Crippen LogP contribution in [0.3, 0.4) is 0 Å². The number of nitrogens with zero attached hydrogens (tertiary/aromatic N) is 4. The van der Waals surface area contributed by atoms with Gasteiger partial charge in [0.2, 0.25) is 0 Å². The Balaban J connectivity index is 1.10. The van der Waals surface area contributed by atoms with Crippen molar-refractivity contribution in [3.63, 3.8) is 0 Å². The molecule has 0 aliphatic heterocycles. The molecule has 0 atom stereocenters. The van der Waals surface area contributed by atoms with E-state index in [4.69, 9.17) is 18.9 Å². The van der Waals surface area contributed by atoms with Gasteiger partial charge in [-0.25, -0.2) is 19.2 Å². The van der Waals surface area contributed by atoms with E-state index in [0.29, 0.717) is 43.6 Å².